The molecule has 0 bridgehead atoms. The van der Waals surface area contributed by atoms with Crippen LogP contribution >= 0.6 is 11.7 Å². The Bertz CT molecular complexity index is 818. The lowest BCUT2D eigenvalue weighted by Gasteiger charge is -2.14. The van der Waals surface area contributed by atoms with Crippen LogP contribution in [0, 0.1) is 5.82 Å². The molecule has 0 saturated heterocycles. The van der Waals surface area contributed by atoms with E-state index < -0.39 is 0 Å². The fourth-order valence-electron chi connectivity index (χ4n) is 2.35. The maximum atomic E-state index is 13.3. The molecule has 0 saturated carbocycles. The Morgan fingerprint density at radius 2 is 2.25 bits per heavy atom. The minimum atomic E-state index is -0.284. The van der Waals surface area contributed by atoms with E-state index in [4.69, 9.17) is 0 Å². The van der Waals surface area contributed by atoms with E-state index in [1.807, 2.05) is 12.1 Å². The monoisotopic (exact) mass is 345 g/mol. The molecule has 2 heterocycles. The number of nitrogens with zero attached hydrogens (tertiary/aromatic N) is 4. The lowest BCUT2D eigenvalue weighted by Crippen LogP contribution is -2.28. The first kappa shape index (κ1) is 16.3. The summed E-state index contributed by atoms with van der Waals surface area (Å²) < 4.78 is 21.0. The number of aromatic nitrogens is 4. The van der Waals surface area contributed by atoms with Gasteiger partial charge in [0.2, 0.25) is 0 Å². The number of aryl methyl sites for hydroxylation is 1. The topological polar surface area (TPSA) is 74.8 Å². The highest BCUT2D eigenvalue weighted by molar-refractivity contribution is 6.99. The normalized spacial score (nSPS) is 10.8. The third-order valence-corrected chi connectivity index (χ3v) is 4.10. The Morgan fingerprint density at radius 1 is 1.38 bits per heavy atom. The minimum Gasteiger partial charge on any atom is -0.340 e. The maximum Gasteiger partial charge on any atom is 0.274 e. The Morgan fingerprint density at radius 3 is 3.00 bits per heavy atom. The van der Waals surface area contributed by atoms with Crippen molar-refractivity contribution >= 4 is 17.6 Å². The fourth-order valence-corrected chi connectivity index (χ4v) is 2.76. The summed E-state index contributed by atoms with van der Waals surface area (Å²) in [5, 5.41) is 7.17. The van der Waals surface area contributed by atoms with Crippen LogP contribution in [0.4, 0.5) is 4.39 Å². The number of halogens is 1. The molecule has 0 fully saturated rings. The molecule has 0 spiro atoms. The molecule has 1 N–H and O–H groups in total. The van der Waals surface area contributed by atoms with Gasteiger partial charge in [-0.1, -0.05) is 12.1 Å². The Balaban J connectivity index is 1.53. The number of carbonyl (C=O) groups is 1. The van der Waals surface area contributed by atoms with Gasteiger partial charge in [-0.05, 0) is 31.0 Å². The molecule has 24 heavy (non-hydrogen) atoms. The molecule has 124 valence electrons. The zero-order valence-electron chi connectivity index (χ0n) is 13.1. The molecule has 0 aliphatic heterocycles. The Hall–Kier alpha value is -2.61. The van der Waals surface area contributed by atoms with Crippen molar-refractivity contribution in [3.8, 4) is 11.3 Å². The van der Waals surface area contributed by atoms with Crippen LogP contribution in [0.3, 0.4) is 0 Å². The smallest absolute Gasteiger partial charge is 0.274 e. The molecule has 6 nitrogen and oxygen atoms in total. The molecule has 1 amide bonds. The summed E-state index contributed by atoms with van der Waals surface area (Å²) in [6.07, 6.45) is 3.00. The van der Waals surface area contributed by atoms with Crippen molar-refractivity contribution in [1.29, 1.82) is 0 Å². The summed E-state index contributed by atoms with van der Waals surface area (Å²) >= 11 is 1.02. The lowest BCUT2D eigenvalue weighted by molar-refractivity contribution is 0.0789. The van der Waals surface area contributed by atoms with Crippen molar-refractivity contribution in [2.24, 2.45) is 0 Å². The van der Waals surface area contributed by atoms with E-state index >= 15 is 0 Å². The molecule has 3 rings (SSSR count). The second-order valence-electron chi connectivity index (χ2n) is 5.41. The van der Waals surface area contributed by atoms with E-state index in [0.29, 0.717) is 17.9 Å². The number of amides is 1. The third kappa shape index (κ3) is 3.83. The van der Waals surface area contributed by atoms with Gasteiger partial charge in [0, 0.05) is 24.8 Å². The number of rotatable bonds is 6. The molecule has 1 aromatic carbocycles. The molecular formula is C16H16FN5OS. The quantitative estimate of drug-likeness (QED) is 0.745. The summed E-state index contributed by atoms with van der Waals surface area (Å²) in [4.78, 5) is 13.7. The number of hydrogen-bond acceptors (Lipinski definition) is 5. The van der Waals surface area contributed by atoms with Crippen molar-refractivity contribution in [1.82, 2.24) is 23.8 Å². The van der Waals surface area contributed by atoms with Gasteiger partial charge in [-0.3, -0.25) is 9.89 Å². The van der Waals surface area contributed by atoms with E-state index in [1.165, 1.54) is 18.3 Å². The summed E-state index contributed by atoms with van der Waals surface area (Å²) in [6.45, 7) is 0.602. The highest BCUT2D eigenvalue weighted by Crippen LogP contribution is 2.19. The number of H-pyrrole nitrogens is 1. The van der Waals surface area contributed by atoms with Crippen LogP contribution in [0.15, 0.2) is 36.5 Å². The van der Waals surface area contributed by atoms with Crippen LogP contribution in [0.5, 0.6) is 0 Å². The van der Waals surface area contributed by atoms with Crippen molar-refractivity contribution in [2.75, 3.05) is 13.6 Å². The number of hydrogen-bond donors (Lipinski definition) is 1. The fraction of sp³-hybridized carbons (Fsp3) is 0.250. The van der Waals surface area contributed by atoms with Gasteiger partial charge in [-0.15, -0.1) is 0 Å². The molecule has 0 unspecified atom stereocenters. The first-order valence-electron chi connectivity index (χ1n) is 7.47. The standard InChI is InChI=1S/C16H16FN5OS/c1-22(16(23)15-10-18-24-21-15)7-3-6-13-9-14(20-19-13)11-4-2-5-12(17)8-11/h2,4-5,8-10H,3,6-7H2,1H3,(H,19,20). The van der Waals surface area contributed by atoms with Gasteiger partial charge in [0.25, 0.3) is 5.91 Å². The molecule has 0 atom stereocenters. The van der Waals surface area contributed by atoms with Crippen LogP contribution in [-0.2, 0) is 6.42 Å². The Labute approximate surface area is 142 Å². The highest BCUT2D eigenvalue weighted by atomic mass is 32.1. The lowest BCUT2D eigenvalue weighted by atomic mass is 10.1. The Kier molecular flexibility index (Phi) is 4.95. The van der Waals surface area contributed by atoms with Gasteiger partial charge in [0.15, 0.2) is 5.69 Å². The molecule has 8 heteroatoms. The zero-order chi connectivity index (χ0) is 16.9. The summed E-state index contributed by atoms with van der Waals surface area (Å²) in [6, 6.07) is 8.24. The van der Waals surface area contributed by atoms with Crippen LogP contribution in [-0.4, -0.2) is 43.3 Å². The molecule has 0 radical (unpaired) electrons. The molecular weight excluding hydrogens is 329 g/mol. The van der Waals surface area contributed by atoms with Crippen LogP contribution in [0.2, 0.25) is 0 Å². The molecule has 0 aliphatic carbocycles. The minimum absolute atomic E-state index is 0.131. The molecule has 0 aliphatic rings. The van der Waals surface area contributed by atoms with Gasteiger partial charge < -0.3 is 4.90 Å². The van der Waals surface area contributed by atoms with E-state index in [2.05, 4.69) is 18.9 Å². The van der Waals surface area contributed by atoms with Crippen molar-refractivity contribution in [3.05, 3.63) is 53.7 Å². The first-order valence-corrected chi connectivity index (χ1v) is 8.20. The van der Waals surface area contributed by atoms with Gasteiger partial charge in [-0.2, -0.15) is 13.8 Å². The SMILES string of the molecule is CN(CCCc1cc(-c2cccc(F)c2)n[nH]1)C(=O)c1cnsn1. The molecule has 2 aromatic heterocycles. The predicted molar refractivity (Wildman–Crippen MR) is 89.2 cm³/mol. The second-order valence-corrected chi connectivity index (χ2v) is 5.97. The molecule has 3 aromatic rings. The van der Waals surface area contributed by atoms with Gasteiger partial charge in [0.05, 0.1) is 23.6 Å². The summed E-state index contributed by atoms with van der Waals surface area (Å²) in [5.41, 5.74) is 2.77. The van der Waals surface area contributed by atoms with E-state index in [-0.39, 0.29) is 11.7 Å². The number of carbonyl (C=O) groups excluding carboxylic acids is 1. The van der Waals surface area contributed by atoms with Crippen molar-refractivity contribution in [3.63, 3.8) is 0 Å². The number of benzene rings is 1. The largest absolute Gasteiger partial charge is 0.340 e. The number of aromatic amines is 1. The third-order valence-electron chi connectivity index (χ3n) is 3.62. The van der Waals surface area contributed by atoms with Gasteiger partial charge in [-0.25, -0.2) is 4.39 Å². The first-order chi connectivity index (χ1) is 11.6. The van der Waals surface area contributed by atoms with Gasteiger partial charge >= 0.3 is 0 Å². The van der Waals surface area contributed by atoms with Crippen LogP contribution in [0.25, 0.3) is 11.3 Å². The van der Waals surface area contributed by atoms with E-state index in [1.54, 1.807) is 18.0 Å². The number of nitrogens with one attached hydrogen (secondary N) is 1. The van der Waals surface area contributed by atoms with Crippen molar-refractivity contribution < 1.29 is 9.18 Å². The van der Waals surface area contributed by atoms with Crippen molar-refractivity contribution in [2.45, 2.75) is 12.8 Å². The van der Waals surface area contributed by atoms with E-state index in [9.17, 15) is 9.18 Å². The van der Waals surface area contributed by atoms with Crippen LogP contribution < -0.4 is 0 Å². The average Bonchev–Trinajstić information content (AvgIpc) is 3.26. The summed E-state index contributed by atoms with van der Waals surface area (Å²) in [5.74, 6) is -0.414. The zero-order valence-corrected chi connectivity index (χ0v) is 13.9. The second kappa shape index (κ2) is 7.31. The van der Waals surface area contributed by atoms with E-state index in [0.717, 1.165) is 35.8 Å². The van der Waals surface area contributed by atoms with Gasteiger partial charge in [0.1, 0.15) is 5.82 Å². The summed E-state index contributed by atoms with van der Waals surface area (Å²) in [7, 11) is 1.74. The average molecular weight is 345 g/mol. The highest BCUT2D eigenvalue weighted by Gasteiger charge is 2.14. The van der Waals surface area contributed by atoms with Crippen LogP contribution in [0.1, 0.15) is 22.6 Å². The maximum absolute atomic E-state index is 13.3. The predicted octanol–water partition coefficient (Wildman–Crippen LogP) is 2.77.